The van der Waals surface area contributed by atoms with E-state index in [1.807, 2.05) is 0 Å². The predicted molar refractivity (Wildman–Crippen MR) is 58.5 cm³/mol. The van der Waals surface area contributed by atoms with Crippen molar-refractivity contribution in [1.82, 2.24) is 15.6 Å². The molecule has 0 spiro atoms. The highest BCUT2D eigenvalue weighted by molar-refractivity contribution is 5.93. The van der Waals surface area contributed by atoms with Crippen molar-refractivity contribution < 1.29 is 19.4 Å². The fourth-order valence-electron chi connectivity index (χ4n) is 0.961. The largest absolute Gasteiger partial charge is 0.477 e. The molecule has 17 heavy (non-hydrogen) atoms. The standard InChI is InChI=1S/C9H14N4O4/c1-9(2,3)17-8(16)13-12-6-5(7(14)15)4-10-11-6/h4H,1-3H3,(H,13,16)(H,14,15)(H2,10,11,12). The maximum atomic E-state index is 11.3. The van der Waals surface area contributed by atoms with Crippen LogP contribution in [0.4, 0.5) is 10.6 Å². The van der Waals surface area contributed by atoms with Gasteiger partial charge in [-0.3, -0.25) is 10.5 Å². The number of aromatic nitrogens is 2. The number of amides is 1. The van der Waals surface area contributed by atoms with Crippen LogP contribution in [0.25, 0.3) is 0 Å². The molecule has 4 N–H and O–H groups in total. The summed E-state index contributed by atoms with van der Waals surface area (Å²) in [6, 6.07) is 0. The summed E-state index contributed by atoms with van der Waals surface area (Å²) in [7, 11) is 0. The first-order valence-corrected chi connectivity index (χ1v) is 4.81. The minimum absolute atomic E-state index is 0.0726. The van der Waals surface area contributed by atoms with Crippen LogP contribution >= 0.6 is 0 Å². The molecule has 0 bridgehead atoms. The van der Waals surface area contributed by atoms with E-state index >= 15 is 0 Å². The summed E-state index contributed by atoms with van der Waals surface area (Å²) in [4.78, 5) is 22.0. The molecule has 1 heterocycles. The molecule has 94 valence electrons. The fourth-order valence-corrected chi connectivity index (χ4v) is 0.961. The number of nitrogens with zero attached hydrogens (tertiary/aromatic N) is 1. The summed E-state index contributed by atoms with van der Waals surface area (Å²) in [5, 5.41) is 14.7. The number of ether oxygens (including phenoxy) is 1. The summed E-state index contributed by atoms with van der Waals surface area (Å²) in [6.45, 7) is 5.14. The van der Waals surface area contributed by atoms with E-state index < -0.39 is 17.7 Å². The van der Waals surface area contributed by atoms with Crippen molar-refractivity contribution in [2.75, 3.05) is 5.43 Å². The Morgan fingerprint density at radius 2 is 2.12 bits per heavy atom. The molecule has 1 rings (SSSR count). The van der Waals surface area contributed by atoms with Gasteiger partial charge in [-0.05, 0) is 20.8 Å². The lowest BCUT2D eigenvalue weighted by atomic mass is 10.2. The molecule has 1 aromatic heterocycles. The van der Waals surface area contributed by atoms with Crippen molar-refractivity contribution in [2.45, 2.75) is 26.4 Å². The van der Waals surface area contributed by atoms with Gasteiger partial charge < -0.3 is 9.84 Å². The number of hydrazine groups is 1. The van der Waals surface area contributed by atoms with E-state index in [0.29, 0.717) is 0 Å². The average Bonchev–Trinajstić information content (AvgIpc) is 2.59. The van der Waals surface area contributed by atoms with Crippen LogP contribution in [0.3, 0.4) is 0 Å². The van der Waals surface area contributed by atoms with E-state index in [2.05, 4.69) is 21.0 Å². The zero-order valence-electron chi connectivity index (χ0n) is 9.70. The fraction of sp³-hybridized carbons (Fsp3) is 0.444. The molecular weight excluding hydrogens is 228 g/mol. The molecular formula is C9H14N4O4. The summed E-state index contributed by atoms with van der Waals surface area (Å²) in [5.74, 6) is -1.09. The van der Waals surface area contributed by atoms with Gasteiger partial charge in [-0.1, -0.05) is 0 Å². The summed E-state index contributed by atoms with van der Waals surface area (Å²) in [6.07, 6.45) is 0.407. The highest BCUT2D eigenvalue weighted by Crippen LogP contribution is 2.10. The Morgan fingerprint density at radius 1 is 1.47 bits per heavy atom. The van der Waals surface area contributed by atoms with E-state index in [4.69, 9.17) is 9.84 Å². The monoisotopic (exact) mass is 242 g/mol. The van der Waals surface area contributed by atoms with E-state index in [1.54, 1.807) is 20.8 Å². The lowest BCUT2D eigenvalue weighted by molar-refractivity contribution is 0.0539. The number of aromatic carboxylic acids is 1. The number of rotatable bonds is 3. The predicted octanol–water partition coefficient (Wildman–Crippen LogP) is 0.960. The maximum Gasteiger partial charge on any atom is 0.426 e. The van der Waals surface area contributed by atoms with Gasteiger partial charge in [0.25, 0.3) is 0 Å². The van der Waals surface area contributed by atoms with Gasteiger partial charge in [-0.25, -0.2) is 15.0 Å². The van der Waals surface area contributed by atoms with Gasteiger partial charge in [0.05, 0.1) is 6.20 Å². The Hall–Kier alpha value is -2.25. The minimum atomic E-state index is -1.16. The molecule has 0 aliphatic rings. The molecule has 8 heteroatoms. The molecule has 0 saturated heterocycles. The van der Waals surface area contributed by atoms with Crippen molar-refractivity contribution in [3.05, 3.63) is 11.8 Å². The third kappa shape index (κ3) is 4.01. The number of carboxylic acids is 1. The van der Waals surface area contributed by atoms with E-state index in [1.165, 1.54) is 0 Å². The second kappa shape index (κ2) is 4.73. The van der Waals surface area contributed by atoms with Gasteiger partial charge in [0, 0.05) is 0 Å². The number of carbonyl (C=O) groups is 2. The Labute approximate surface area is 97.3 Å². The number of anilines is 1. The van der Waals surface area contributed by atoms with Crippen LogP contribution in [0.15, 0.2) is 6.20 Å². The first kappa shape index (κ1) is 12.8. The SMILES string of the molecule is CC(C)(C)OC(=O)NNc1[nH]ncc1C(=O)O. The number of aromatic amines is 1. The van der Waals surface area contributed by atoms with Crippen molar-refractivity contribution in [3.63, 3.8) is 0 Å². The Balaban J connectivity index is 2.53. The smallest absolute Gasteiger partial charge is 0.426 e. The van der Waals surface area contributed by atoms with Gasteiger partial charge in [0.15, 0.2) is 5.82 Å². The molecule has 8 nitrogen and oxygen atoms in total. The number of nitrogens with one attached hydrogen (secondary N) is 3. The Kier molecular flexibility index (Phi) is 3.56. The van der Waals surface area contributed by atoms with Crippen LogP contribution in [-0.4, -0.2) is 33.0 Å². The Morgan fingerprint density at radius 3 is 2.65 bits per heavy atom. The Bertz CT molecular complexity index is 421. The quantitative estimate of drug-likeness (QED) is 0.586. The first-order valence-electron chi connectivity index (χ1n) is 4.81. The highest BCUT2D eigenvalue weighted by Gasteiger charge is 2.17. The summed E-state index contributed by atoms with van der Waals surface area (Å²) in [5.41, 5.74) is 3.85. The van der Waals surface area contributed by atoms with Crippen molar-refractivity contribution in [1.29, 1.82) is 0 Å². The van der Waals surface area contributed by atoms with Gasteiger partial charge in [0.1, 0.15) is 11.2 Å². The maximum absolute atomic E-state index is 11.3. The van der Waals surface area contributed by atoms with Crippen LogP contribution in [0.2, 0.25) is 0 Å². The van der Waals surface area contributed by atoms with Crippen LogP contribution in [0.5, 0.6) is 0 Å². The number of hydrogen-bond donors (Lipinski definition) is 4. The summed E-state index contributed by atoms with van der Waals surface area (Å²) < 4.78 is 4.94. The molecule has 1 amide bonds. The zero-order valence-corrected chi connectivity index (χ0v) is 9.70. The molecule has 0 fully saturated rings. The first-order chi connectivity index (χ1) is 7.79. The zero-order chi connectivity index (χ0) is 13.1. The molecule has 0 atom stereocenters. The normalized spacial score (nSPS) is 10.8. The van der Waals surface area contributed by atoms with Gasteiger partial charge in [0.2, 0.25) is 0 Å². The number of carboxylic acid groups (broad SMARTS) is 1. The average molecular weight is 242 g/mol. The second-order valence-electron chi connectivity index (χ2n) is 4.22. The molecule has 0 aliphatic carbocycles. The van der Waals surface area contributed by atoms with E-state index in [0.717, 1.165) is 6.20 Å². The number of H-pyrrole nitrogens is 1. The lowest BCUT2D eigenvalue weighted by Gasteiger charge is -2.19. The van der Waals surface area contributed by atoms with Crippen LogP contribution in [-0.2, 0) is 4.74 Å². The van der Waals surface area contributed by atoms with Crippen LogP contribution in [0, 0.1) is 0 Å². The summed E-state index contributed by atoms with van der Waals surface area (Å²) >= 11 is 0. The molecule has 0 unspecified atom stereocenters. The topological polar surface area (TPSA) is 116 Å². The molecule has 0 aliphatic heterocycles. The van der Waals surface area contributed by atoms with Crippen molar-refractivity contribution in [3.8, 4) is 0 Å². The van der Waals surface area contributed by atoms with Gasteiger partial charge in [-0.2, -0.15) is 5.10 Å². The molecule has 0 aromatic carbocycles. The van der Waals surface area contributed by atoms with Crippen molar-refractivity contribution >= 4 is 17.9 Å². The molecule has 1 aromatic rings. The van der Waals surface area contributed by atoms with E-state index in [9.17, 15) is 9.59 Å². The van der Waals surface area contributed by atoms with Gasteiger partial charge in [-0.15, -0.1) is 0 Å². The third-order valence-electron chi connectivity index (χ3n) is 1.56. The number of carbonyl (C=O) groups excluding carboxylic acids is 1. The minimum Gasteiger partial charge on any atom is -0.477 e. The van der Waals surface area contributed by atoms with Crippen LogP contribution < -0.4 is 10.9 Å². The molecule has 0 saturated carbocycles. The molecule has 0 radical (unpaired) electrons. The van der Waals surface area contributed by atoms with Gasteiger partial charge >= 0.3 is 12.1 Å². The van der Waals surface area contributed by atoms with E-state index in [-0.39, 0.29) is 11.4 Å². The third-order valence-corrected chi connectivity index (χ3v) is 1.56. The lowest BCUT2D eigenvalue weighted by Crippen LogP contribution is -2.36. The van der Waals surface area contributed by atoms with Crippen molar-refractivity contribution in [2.24, 2.45) is 0 Å². The highest BCUT2D eigenvalue weighted by atomic mass is 16.6. The number of hydrogen-bond acceptors (Lipinski definition) is 5. The second-order valence-corrected chi connectivity index (χ2v) is 4.22. The van der Waals surface area contributed by atoms with Crippen LogP contribution in [0.1, 0.15) is 31.1 Å².